The first-order chi connectivity index (χ1) is 7.57. The smallest absolute Gasteiger partial charge is 0.309 e. The number of hydrogen-bond donors (Lipinski definition) is 1. The second-order valence-corrected chi connectivity index (χ2v) is 3.83. The third-order valence-corrected chi connectivity index (χ3v) is 2.65. The van der Waals surface area contributed by atoms with Crippen LogP contribution in [0, 0.1) is 0 Å². The van der Waals surface area contributed by atoms with Crippen LogP contribution in [0.4, 0.5) is 13.2 Å². The molecule has 0 amide bonds. The molecule has 1 saturated heterocycles. The molecule has 2 rings (SSSR count). The largest absolute Gasteiger partial charge is 0.433 e. The fourth-order valence-corrected chi connectivity index (χ4v) is 1.82. The second kappa shape index (κ2) is 4.37. The molecular weight excluding hydrogens is 219 g/mol. The van der Waals surface area contributed by atoms with Crippen molar-refractivity contribution in [3.05, 3.63) is 23.8 Å². The molecule has 88 valence electrons. The zero-order chi connectivity index (χ0) is 11.6. The Hall–Kier alpha value is -1.17. The van der Waals surface area contributed by atoms with Gasteiger partial charge >= 0.3 is 6.18 Å². The summed E-state index contributed by atoms with van der Waals surface area (Å²) in [6, 6.07) is 0.959. The van der Waals surface area contributed by atoms with E-state index in [0.717, 1.165) is 38.2 Å². The summed E-state index contributed by atoms with van der Waals surface area (Å²) in [5, 5.41) is 3.16. The molecule has 0 spiro atoms. The molecule has 2 heterocycles. The number of nitrogens with one attached hydrogen (secondary N) is 1. The lowest BCUT2D eigenvalue weighted by Crippen LogP contribution is -2.28. The van der Waals surface area contributed by atoms with Gasteiger partial charge in [0.2, 0.25) is 0 Å². The summed E-state index contributed by atoms with van der Waals surface area (Å²) in [5.41, 5.74) is -0.438. The lowest BCUT2D eigenvalue weighted by molar-refractivity contribution is -0.141. The third-order valence-electron chi connectivity index (χ3n) is 2.65. The molecule has 1 unspecified atom stereocenters. The first-order valence-corrected chi connectivity index (χ1v) is 5.20. The molecular formula is C10H12F3N3. The number of piperidine rings is 1. The highest BCUT2D eigenvalue weighted by Gasteiger charge is 2.33. The van der Waals surface area contributed by atoms with Crippen LogP contribution in [0.25, 0.3) is 0 Å². The van der Waals surface area contributed by atoms with Gasteiger partial charge in [0.05, 0.1) is 5.69 Å². The van der Waals surface area contributed by atoms with Gasteiger partial charge in [0.25, 0.3) is 0 Å². The normalized spacial score (nSPS) is 22.1. The van der Waals surface area contributed by atoms with Crippen molar-refractivity contribution < 1.29 is 13.2 Å². The molecule has 1 aromatic rings. The van der Waals surface area contributed by atoms with Crippen molar-refractivity contribution in [1.29, 1.82) is 0 Å². The Morgan fingerprint density at radius 1 is 1.25 bits per heavy atom. The number of nitrogens with zero attached hydrogens (tertiary/aromatic N) is 2. The molecule has 1 atom stereocenters. The van der Waals surface area contributed by atoms with Crippen LogP contribution in [-0.4, -0.2) is 16.5 Å². The fourth-order valence-electron chi connectivity index (χ4n) is 1.82. The summed E-state index contributed by atoms with van der Waals surface area (Å²) in [4.78, 5) is 7.14. The molecule has 6 heteroatoms. The Kier molecular flexibility index (Phi) is 3.09. The number of rotatable bonds is 1. The van der Waals surface area contributed by atoms with Crippen LogP contribution in [0.3, 0.4) is 0 Å². The SMILES string of the molecule is FC(F)(F)c1cc(C2CCCCN2)ncn1. The minimum absolute atomic E-state index is 0.0714. The van der Waals surface area contributed by atoms with E-state index in [0.29, 0.717) is 5.69 Å². The zero-order valence-electron chi connectivity index (χ0n) is 8.59. The standard InChI is InChI=1S/C10H12F3N3/c11-10(12,13)9-5-8(15-6-16-9)7-3-1-2-4-14-7/h5-7,14H,1-4H2. The zero-order valence-corrected chi connectivity index (χ0v) is 8.59. The Balaban J connectivity index is 2.21. The second-order valence-electron chi connectivity index (χ2n) is 3.83. The Morgan fingerprint density at radius 2 is 2.06 bits per heavy atom. The average molecular weight is 231 g/mol. The van der Waals surface area contributed by atoms with E-state index < -0.39 is 11.9 Å². The lowest BCUT2D eigenvalue weighted by atomic mass is 10.0. The van der Waals surface area contributed by atoms with E-state index in [1.807, 2.05) is 0 Å². The van der Waals surface area contributed by atoms with Crippen molar-refractivity contribution in [2.24, 2.45) is 0 Å². The van der Waals surface area contributed by atoms with Gasteiger partial charge in [0.1, 0.15) is 12.0 Å². The molecule has 1 aliphatic rings. The van der Waals surface area contributed by atoms with Gasteiger partial charge in [-0.15, -0.1) is 0 Å². The van der Waals surface area contributed by atoms with E-state index in [2.05, 4.69) is 15.3 Å². The average Bonchev–Trinajstić information content (AvgIpc) is 2.29. The van der Waals surface area contributed by atoms with Crippen molar-refractivity contribution in [2.45, 2.75) is 31.5 Å². The highest BCUT2D eigenvalue weighted by Crippen LogP contribution is 2.29. The topological polar surface area (TPSA) is 37.8 Å². The first-order valence-electron chi connectivity index (χ1n) is 5.20. The van der Waals surface area contributed by atoms with Gasteiger partial charge in [0, 0.05) is 6.04 Å². The first kappa shape index (κ1) is 11.3. The van der Waals surface area contributed by atoms with E-state index in [1.54, 1.807) is 0 Å². The van der Waals surface area contributed by atoms with Crippen LogP contribution < -0.4 is 5.32 Å². The lowest BCUT2D eigenvalue weighted by Gasteiger charge is -2.23. The van der Waals surface area contributed by atoms with Gasteiger partial charge in [-0.05, 0) is 25.5 Å². The molecule has 0 aliphatic carbocycles. The van der Waals surface area contributed by atoms with Gasteiger partial charge < -0.3 is 5.32 Å². The van der Waals surface area contributed by atoms with Crippen LogP contribution in [0.15, 0.2) is 12.4 Å². The highest BCUT2D eigenvalue weighted by atomic mass is 19.4. The number of aromatic nitrogens is 2. The summed E-state index contributed by atoms with van der Waals surface area (Å²) >= 11 is 0. The predicted molar refractivity (Wildman–Crippen MR) is 51.6 cm³/mol. The molecule has 0 bridgehead atoms. The summed E-state index contributed by atoms with van der Waals surface area (Å²) in [6.45, 7) is 0.829. The Bertz CT molecular complexity index is 359. The molecule has 16 heavy (non-hydrogen) atoms. The summed E-state index contributed by atoms with van der Waals surface area (Å²) in [7, 11) is 0. The van der Waals surface area contributed by atoms with Gasteiger partial charge in [-0.2, -0.15) is 13.2 Å². The highest BCUT2D eigenvalue weighted by molar-refractivity contribution is 5.14. The van der Waals surface area contributed by atoms with Crippen molar-refractivity contribution >= 4 is 0 Å². The summed E-state index contributed by atoms with van der Waals surface area (Å²) in [5.74, 6) is 0. The van der Waals surface area contributed by atoms with Crippen molar-refractivity contribution in [2.75, 3.05) is 6.54 Å². The maximum atomic E-state index is 12.4. The van der Waals surface area contributed by atoms with Gasteiger partial charge in [-0.3, -0.25) is 0 Å². The number of hydrogen-bond acceptors (Lipinski definition) is 3. The molecule has 0 radical (unpaired) electrons. The van der Waals surface area contributed by atoms with Crippen LogP contribution >= 0.6 is 0 Å². The van der Waals surface area contributed by atoms with Crippen molar-refractivity contribution in [1.82, 2.24) is 15.3 Å². The minimum Gasteiger partial charge on any atom is -0.309 e. The monoisotopic (exact) mass is 231 g/mol. The molecule has 0 aromatic carbocycles. The molecule has 1 aliphatic heterocycles. The molecule has 1 N–H and O–H groups in total. The maximum Gasteiger partial charge on any atom is 0.433 e. The van der Waals surface area contributed by atoms with Crippen LogP contribution in [0.5, 0.6) is 0 Å². The van der Waals surface area contributed by atoms with Gasteiger partial charge in [-0.1, -0.05) is 6.42 Å². The maximum absolute atomic E-state index is 12.4. The molecule has 1 fully saturated rings. The molecule has 3 nitrogen and oxygen atoms in total. The minimum atomic E-state index is -4.40. The fraction of sp³-hybridized carbons (Fsp3) is 0.600. The van der Waals surface area contributed by atoms with E-state index in [-0.39, 0.29) is 6.04 Å². The van der Waals surface area contributed by atoms with Gasteiger partial charge in [-0.25, -0.2) is 9.97 Å². The van der Waals surface area contributed by atoms with Crippen molar-refractivity contribution in [3.63, 3.8) is 0 Å². The Labute approximate surface area is 91.1 Å². The quantitative estimate of drug-likeness (QED) is 0.806. The van der Waals surface area contributed by atoms with Gasteiger partial charge in [0.15, 0.2) is 0 Å². The van der Waals surface area contributed by atoms with E-state index in [9.17, 15) is 13.2 Å². The summed E-state index contributed by atoms with van der Waals surface area (Å²) < 4.78 is 37.3. The van der Waals surface area contributed by atoms with Crippen molar-refractivity contribution in [3.8, 4) is 0 Å². The third kappa shape index (κ3) is 2.49. The van der Waals surface area contributed by atoms with Crippen LogP contribution in [0.1, 0.15) is 36.7 Å². The predicted octanol–water partition coefficient (Wildman–Crippen LogP) is 2.31. The van der Waals surface area contributed by atoms with E-state index in [4.69, 9.17) is 0 Å². The number of halogens is 3. The molecule has 0 saturated carbocycles. The Morgan fingerprint density at radius 3 is 2.69 bits per heavy atom. The van der Waals surface area contributed by atoms with Crippen LogP contribution in [0.2, 0.25) is 0 Å². The van der Waals surface area contributed by atoms with E-state index >= 15 is 0 Å². The summed E-state index contributed by atoms with van der Waals surface area (Å²) in [6.07, 6.45) is -0.508. The molecule has 1 aromatic heterocycles. The van der Waals surface area contributed by atoms with E-state index in [1.165, 1.54) is 0 Å². The van der Waals surface area contributed by atoms with Crippen LogP contribution in [-0.2, 0) is 6.18 Å². The number of alkyl halides is 3.